The van der Waals surface area contributed by atoms with E-state index in [2.05, 4.69) is 20.2 Å². The van der Waals surface area contributed by atoms with E-state index in [-0.39, 0.29) is 23.1 Å². The predicted molar refractivity (Wildman–Crippen MR) is 96.0 cm³/mol. The second-order valence-electron chi connectivity index (χ2n) is 5.66. The van der Waals surface area contributed by atoms with E-state index in [1.165, 1.54) is 42.6 Å². The number of ether oxygens (including phenoxy) is 1. The topological polar surface area (TPSA) is 104 Å². The Morgan fingerprint density at radius 1 is 0.963 bits per heavy atom. The van der Waals surface area contributed by atoms with Crippen molar-refractivity contribution in [1.29, 1.82) is 0 Å². The Hall–Kier alpha value is -3.94. The SMILES string of the molecule is O=c1[nH][nH]c(-c2ccnc(Oc3ccc(O)cc3)n2)c1-c1ccc(F)cc1. The fourth-order valence-electron chi connectivity index (χ4n) is 2.59. The summed E-state index contributed by atoms with van der Waals surface area (Å²) in [5.74, 6) is 0.177. The van der Waals surface area contributed by atoms with Gasteiger partial charge in [-0.05, 0) is 48.0 Å². The molecule has 3 N–H and O–H groups in total. The first-order valence-corrected chi connectivity index (χ1v) is 7.97. The first kappa shape index (κ1) is 16.5. The van der Waals surface area contributed by atoms with Crippen LogP contribution in [0.1, 0.15) is 0 Å². The molecule has 0 atom stereocenters. The van der Waals surface area contributed by atoms with Crippen LogP contribution in [0.2, 0.25) is 0 Å². The van der Waals surface area contributed by atoms with Crippen molar-refractivity contribution in [1.82, 2.24) is 20.2 Å². The van der Waals surface area contributed by atoms with Crippen LogP contribution in [0.4, 0.5) is 4.39 Å². The van der Waals surface area contributed by atoms with Crippen LogP contribution >= 0.6 is 0 Å². The van der Waals surface area contributed by atoms with Crippen LogP contribution in [0.5, 0.6) is 17.5 Å². The smallest absolute Gasteiger partial charge is 0.322 e. The number of nitrogens with one attached hydrogen (secondary N) is 2. The maximum absolute atomic E-state index is 13.2. The molecule has 0 unspecified atom stereocenters. The molecule has 0 saturated heterocycles. The van der Waals surface area contributed by atoms with E-state index in [0.29, 0.717) is 28.3 Å². The first-order valence-electron chi connectivity index (χ1n) is 7.97. The first-order chi connectivity index (χ1) is 13.1. The Labute approximate surface area is 152 Å². The molecule has 4 rings (SSSR count). The highest BCUT2D eigenvalue weighted by molar-refractivity contribution is 5.78. The lowest BCUT2D eigenvalue weighted by molar-refractivity contribution is 0.438. The van der Waals surface area contributed by atoms with Crippen LogP contribution in [-0.4, -0.2) is 25.3 Å². The molecule has 0 bridgehead atoms. The van der Waals surface area contributed by atoms with Gasteiger partial charge >= 0.3 is 6.01 Å². The Morgan fingerprint density at radius 3 is 2.44 bits per heavy atom. The van der Waals surface area contributed by atoms with E-state index in [1.807, 2.05) is 0 Å². The molecule has 4 aromatic rings. The van der Waals surface area contributed by atoms with Crippen molar-refractivity contribution < 1.29 is 14.2 Å². The fraction of sp³-hybridized carbons (Fsp3) is 0. The van der Waals surface area contributed by atoms with E-state index in [0.717, 1.165) is 0 Å². The molecule has 0 radical (unpaired) electrons. The highest BCUT2D eigenvalue weighted by Crippen LogP contribution is 2.28. The Bertz CT molecular complexity index is 1130. The average Bonchev–Trinajstić information content (AvgIpc) is 3.06. The van der Waals surface area contributed by atoms with Crippen LogP contribution in [-0.2, 0) is 0 Å². The van der Waals surface area contributed by atoms with Gasteiger partial charge < -0.3 is 9.84 Å². The van der Waals surface area contributed by atoms with E-state index < -0.39 is 0 Å². The summed E-state index contributed by atoms with van der Waals surface area (Å²) < 4.78 is 18.8. The third-order valence-electron chi connectivity index (χ3n) is 3.85. The van der Waals surface area contributed by atoms with Gasteiger partial charge in [0.15, 0.2) is 0 Å². The summed E-state index contributed by atoms with van der Waals surface area (Å²) in [4.78, 5) is 20.6. The van der Waals surface area contributed by atoms with E-state index >= 15 is 0 Å². The van der Waals surface area contributed by atoms with Gasteiger partial charge in [0.2, 0.25) is 0 Å². The molecule has 0 aliphatic heterocycles. The minimum atomic E-state index is -0.390. The molecule has 134 valence electrons. The van der Waals surface area contributed by atoms with Crippen molar-refractivity contribution in [2.75, 3.05) is 0 Å². The second-order valence-corrected chi connectivity index (χ2v) is 5.66. The summed E-state index contributed by atoms with van der Waals surface area (Å²) in [7, 11) is 0. The lowest BCUT2D eigenvalue weighted by Gasteiger charge is -2.06. The largest absolute Gasteiger partial charge is 0.508 e. The lowest BCUT2D eigenvalue weighted by Crippen LogP contribution is -2.02. The van der Waals surface area contributed by atoms with Gasteiger partial charge in [-0.1, -0.05) is 12.1 Å². The van der Waals surface area contributed by atoms with E-state index in [4.69, 9.17) is 4.74 Å². The Morgan fingerprint density at radius 2 is 1.70 bits per heavy atom. The van der Waals surface area contributed by atoms with Crippen LogP contribution in [0.3, 0.4) is 0 Å². The normalized spacial score (nSPS) is 10.7. The quantitative estimate of drug-likeness (QED) is 0.514. The van der Waals surface area contributed by atoms with Crippen molar-refractivity contribution in [3.8, 4) is 40.0 Å². The van der Waals surface area contributed by atoms with Crippen molar-refractivity contribution in [3.63, 3.8) is 0 Å². The molecule has 0 aliphatic rings. The average molecular weight is 364 g/mol. The number of nitrogens with zero attached hydrogens (tertiary/aromatic N) is 2. The molecular weight excluding hydrogens is 351 g/mol. The van der Waals surface area contributed by atoms with E-state index in [9.17, 15) is 14.3 Å². The summed E-state index contributed by atoms with van der Waals surface area (Å²) >= 11 is 0. The van der Waals surface area contributed by atoms with Crippen molar-refractivity contribution in [3.05, 3.63) is 77.0 Å². The van der Waals surface area contributed by atoms with Gasteiger partial charge in [0.25, 0.3) is 5.56 Å². The molecule has 7 nitrogen and oxygen atoms in total. The highest BCUT2D eigenvalue weighted by Gasteiger charge is 2.16. The molecular formula is C19H13FN4O3. The van der Waals surface area contributed by atoms with Crippen molar-refractivity contribution >= 4 is 0 Å². The number of hydrogen-bond acceptors (Lipinski definition) is 5. The summed E-state index contributed by atoms with van der Waals surface area (Å²) in [6.45, 7) is 0. The molecule has 0 saturated carbocycles. The summed E-state index contributed by atoms with van der Waals surface area (Å²) in [6, 6.07) is 13.4. The molecule has 0 aliphatic carbocycles. The number of phenolic OH excluding ortho intramolecular Hbond substituents is 1. The maximum atomic E-state index is 13.2. The zero-order chi connectivity index (χ0) is 18.8. The predicted octanol–water partition coefficient (Wildman–Crippen LogP) is 3.46. The lowest BCUT2D eigenvalue weighted by atomic mass is 10.0. The molecule has 0 fully saturated rings. The number of benzene rings is 2. The monoisotopic (exact) mass is 364 g/mol. The molecule has 2 aromatic heterocycles. The van der Waals surface area contributed by atoms with Gasteiger partial charge in [-0.25, -0.2) is 9.37 Å². The minimum Gasteiger partial charge on any atom is -0.508 e. The zero-order valence-corrected chi connectivity index (χ0v) is 13.8. The van der Waals surface area contributed by atoms with Gasteiger partial charge in [0.1, 0.15) is 17.3 Å². The number of aromatic hydroxyl groups is 1. The van der Waals surface area contributed by atoms with E-state index in [1.54, 1.807) is 18.2 Å². The van der Waals surface area contributed by atoms with Gasteiger partial charge in [-0.15, -0.1) is 0 Å². The molecule has 27 heavy (non-hydrogen) atoms. The van der Waals surface area contributed by atoms with Crippen molar-refractivity contribution in [2.45, 2.75) is 0 Å². The minimum absolute atomic E-state index is 0.0743. The summed E-state index contributed by atoms with van der Waals surface area (Å²) in [6.07, 6.45) is 1.50. The number of halogens is 1. The Balaban J connectivity index is 1.71. The standard InChI is InChI=1S/C19H13FN4O3/c20-12-3-1-11(2-4-12)16-17(23-24-18(16)26)15-9-10-21-19(22-15)27-14-7-5-13(25)6-8-14/h1-10,25H,(H2,23,24,26). The number of hydrogen-bond donors (Lipinski definition) is 3. The molecule has 8 heteroatoms. The summed E-state index contributed by atoms with van der Waals surface area (Å²) in [5, 5.41) is 14.6. The number of rotatable bonds is 4. The maximum Gasteiger partial charge on any atom is 0.322 e. The molecule has 2 aromatic carbocycles. The van der Waals surface area contributed by atoms with Crippen LogP contribution < -0.4 is 10.3 Å². The molecule has 0 spiro atoms. The van der Waals surface area contributed by atoms with Gasteiger partial charge in [-0.2, -0.15) is 4.98 Å². The third-order valence-corrected chi connectivity index (χ3v) is 3.85. The van der Waals surface area contributed by atoms with Crippen LogP contribution in [0, 0.1) is 5.82 Å². The van der Waals surface area contributed by atoms with Crippen molar-refractivity contribution in [2.24, 2.45) is 0 Å². The summed E-state index contributed by atoms with van der Waals surface area (Å²) in [5.41, 5.74) is 1.40. The fourth-order valence-corrected chi connectivity index (χ4v) is 2.59. The molecule has 0 amide bonds. The zero-order valence-electron chi connectivity index (χ0n) is 13.8. The number of phenols is 1. The number of aromatic amines is 2. The second kappa shape index (κ2) is 6.75. The molecule has 2 heterocycles. The van der Waals surface area contributed by atoms with Gasteiger partial charge in [0, 0.05) is 6.20 Å². The van der Waals surface area contributed by atoms with Crippen LogP contribution in [0.25, 0.3) is 22.5 Å². The van der Waals surface area contributed by atoms with Crippen LogP contribution in [0.15, 0.2) is 65.6 Å². The number of aromatic nitrogens is 4. The third kappa shape index (κ3) is 3.40. The highest BCUT2D eigenvalue weighted by atomic mass is 19.1. The van der Waals surface area contributed by atoms with Gasteiger partial charge in [-0.3, -0.25) is 15.0 Å². The van der Waals surface area contributed by atoms with Gasteiger partial charge in [0.05, 0.1) is 17.0 Å². The number of H-pyrrole nitrogens is 2. The Kier molecular flexibility index (Phi) is 4.13.